The van der Waals surface area contributed by atoms with Crippen LogP contribution in [0.25, 0.3) is 11.3 Å². The molecule has 0 radical (unpaired) electrons. The summed E-state index contributed by atoms with van der Waals surface area (Å²) in [6.07, 6.45) is 2.68. The second kappa shape index (κ2) is 13.6. The standard InChI is InChI=1S/C31H40N4O3.C2H2O4/c1-21-27(23-11-13-24(14-12-23)34(6)30(36)38-31(2,3)4)32-29-28(37-25-16-18-33(5)19-17-25)26-10-8-7-9-22(26)15-20-35(21)29;3-1(4)2(5)6/h7-14,25,28H,15-20H2,1-6H3;(H,3,4)(H,5,6). The zero-order valence-corrected chi connectivity index (χ0v) is 26.2. The first-order valence-electron chi connectivity index (χ1n) is 14.8. The van der Waals surface area contributed by atoms with Crippen LogP contribution >= 0.6 is 0 Å². The average molecular weight is 607 g/mol. The number of ether oxygens (including phenoxy) is 2. The van der Waals surface area contributed by atoms with Crippen LogP contribution in [0.5, 0.6) is 0 Å². The Kier molecular flexibility index (Phi) is 10.1. The Morgan fingerprint density at radius 1 is 0.955 bits per heavy atom. The number of benzene rings is 2. The number of aromatic nitrogens is 2. The molecule has 2 aliphatic heterocycles. The maximum Gasteiger partial charge on any atom is 0.414 e. The molecule has 2 N–H and O–H groups in total. The summed E-state index contributed by atoms with van der Waals surface area (Å²) >= 11 is 0. The molecular weight excluding hydrogens is 564 g/mol. The molecule has 1 amide bonds. The van der Waals surface area contributed by atoms with Crippen LogP contribution in [0, 0.1) is 6.92 Å². The smallest absolute Gasteiger partial charge is 0.414 e. The van der Waals surface area contributed by atoms with E-state index in [0.717, 1.165) is 67.4 Å². The number of hydrogen-bond acceptors (Lipinski definition) is 7. The summed E-state index contributed by atoms with van der Waals surface area (Å²) in [6.45, 7) is 10.7. The van der Waals surface area contributed by atoms with Gasteiger partial charge >= 0.3 is 18.0 Å². The van der Waals surface area contributed by atoms with Gasteiger partial charge in [0, 0.05) is 43.6 Å². The Hall–Kier alpha value is -4.22. The fraction of sp³-hybridized carbons (Fsp3) is 0.455. The van der Waals surface area contributed by atoms with Gasteiger partial charge in [-0.25, -0.2) is 19.4 Å². The van der Waals surface area contributed by atoms with Gasteiger partial charge in [-0.3, -0.25) is 4.90 Å². The van der Waals surface area contributed by atoms with Crippen molar-refractivity contribution in [3.8, 4) is 11.3 Å². The Morgan fingerprint density at radius 2 is 1.57 bits per heavy atom. The molecule has 0 bridgehead atoms. The molecule has 1 saturated heterocycles. The number of carbonyl (C=O) groups excluding carboxylic acids is 1. The third-order valence-corrected chi connectivity index (χ3v) is 7.80. The lowest BCUT2D eigenvalue weighted by Gasteiger charge is -2.32. The molecule has 44 heavy (non-hydrogen) atoms. The topological polar surface area (TPSA) is 134 Å². The Bertz CT molecular complexity index is 1470. The molecule has 1 aromatic heterocycles. The van der Waals surface area contributed by atoms with Crippen LogP contribution in [0.2, 0.25) is 0 Å². The van der Waals surface area contributed by atoms with Crippen molar-refractivity contribution in [2.75, 3.05) is 32.1 Å². The van der Waals surface area contributed by atoms with Gasteiger partial charge in [0.15, 0.2) is 0 Å². The first-order valence-corrected chi connectivity index (χ1v) is 14.8. The second-order valence-electron chi connectivity index (χ2n) is 12.2. The van der Waals surface area contributed by atoms with E-state index in [-0.39, 0.29) is 18.3 Å². The fourth-order valence-electron chi connectivity index (χ4n) is 5.43. The van der Waals surface area contributed by atoms with Crippen molar-refractivity contribution in [1.29, 1.82) is 0 Å². The number of fused-ring (bicyclic) bond motifs is 2. The van der Waals surface area contributed by atoms with Crippen LogP contribution in [-0.4, -0.2) is 81.6 Å². The molecule has 1 fully saturated rings. The molecule has 11 heteroatoms. The van der Waals surface area contributed by atoms with Crippen molar-refractivity contribution >= 4 is 23.7 Å². The average Bonchev–Trinajstić information content (AvgIpc) is 3.21. The van der Waals surface area contributed by atoms with Crippen molar-refractivity contribution in [2.45, 2.75) is 71.3 Å². The summed E-state index contributed by atoms with van der Waals surface area (Å²) in [5.74, 6) is -2.67. The van der Waals surface area contributed by atoms with Gasteiger partial charge in [0.2, 0.25) is 0 Å². The predicted molar refractivity (Wildman–Crippen MR) is 166 cm³/mol. The molecule has 0 spiro atoms. The number of rotatable bonds is 4. The number of carboxylic acids is 2. The molecule has 236 valence electrons. The minimum absolute atomic E-state index is 0.188. The Balaban J connectivity index is 0.000000670. The SMILES string of the molecule is Cc1c(-c2ccc(N(C)C(=O)OC(C)(C)C)cc2)nc2n1CCc1ccccc1C2OC1CCN(C)CC1.O=C(O)C(=O)O. The van der Waals surface area contributed by atoms with E-state index in [9.17, 15) is 4.79 Å². The molecule has 0 saturated carbocycles. The van der Waals surface area contributed by atoms with E-state index in [0.29, 0.717) is 0 Å². The predicted octanol–water partition coefficient (Wildman–Crippen LogP) is 5.14. The van der Waals surface area contributed by atoms with E-state index in [2.05, 4.69) is 47.7 Å². The number of carbonyl (C=O) groups is 3. The van der Waals surface area contributed by atoms with Gasteiger partial charge in [0.1, 0.15) is 17.5 Å². The molecular formula is C33H42N4O7. The molecule has 3 aromatic rings. The third-order valence-electron chi connectivity index (χ3n) is 7.80. The molecule has 0 aliphatic carbocycles. The van der Waals surface area contributed by atoms with Crippen LogP contribution in [0.15, 0.2) is 48.5 Å². The van der Waals surface area contributed by atoms with E-state index in [1.807, 2.05) is 45.0 Å². The first-order chi connectivity index (χ1) is 20.7. The van der Waals surface area contributed by atoms with E-state index in [1.165, 1.54) is 16.0 Å². The lowest BCUT2D eigenvalue weighted by molar-refractivity contribution is -0.159. The van der Waals surface area contributed by atoms with Crippen molar-refractivity contribution in [2.24, 2.45) is 0 Å². The molecule has 2 aromatic carbocycles. The van der Waals surface area contributed by atoms with Gasteiger partial charge < -0.3 is 29.2 Å². The summed E-state index contributed by atoms with van der Waals surface area (Å²) in [6, 6.07) is 16.6. The monoisotopic (exact) mass is 606 g/mol. The van der Waals surface area contributed by atoms with Crippen molar-refractivity contribution in [3.05, 3.63) is 71.2 Å². The first kappa shape index (κ1) is 32.7. The van der Waals surface area contributed by atoms with E-state index < -0.39 is 17.5 Å². The molecule has 1 unspecified atom stereocenters. The van der Waals surface area contributed by atoms with Gasteiger partial charge in [-0.05, 0) is 77.3 Å². The van der Waals surface area contributed by atoms with Crippen LogP contribution in [0.3, 0.4) is 0 Å². The van der Waals surface area contributed by atoms with Crippen LogP contribution < -0.4 is 4.90 Å². The van der Waals surface area contributed by atoms with Crippen LogP contribution in [-0.2, 0) is 32.0 Å². The van der Waals surface area contributed by atoms with Crippen LogP contribution in [0.4, 0.5) is 10.5 Å². The third kappa shape index (κ3) is 7.83. The molecule has 1 atom stereocenters. The Labute approximate surface area is 258 Å². The number of carboxylic acid groups (broad SMARTS) is 2. The fourth-order valence-corrected chi connectivity index (χ4v) is 5.43. The molecule has 5 rings (SSSR count). The van der Waals surface area contributed by atoms with Gasteiger partial charge in [0.05, 0.1) is 11.8 Å². The maximum absolute atomic E-state index is 12.5. The minimum atomic E-state index is -1.82. The van der Waals surface area contributed by atoms with E-state index in [1.54, 1.807) is 7.05 Å². The van der Waals surface area contributed by atoms with Gasteiger partial charge in [0.25, 0.3) is 0 Å². The largest absolute Gasteiger partial charge is 0.473 e. The van der Waals surface area contributed by atoms with Gasteiger partial charge in [-0.15, -0.1) is 0 Å². The van der Waals surface area contributed by atoms with E-state index in [4.69, 9.17) is 34.3 Å². The number of anilines is 1. The highest BCUT2D eigenvalue weighted by molar-refractivity contribution is 6.27. The van der Waals surface area contributed by atoms with Crippen molar-refractivity contribution in [1.82, 2.24) is 14.5 Å². The Morgan fingerprint density at radius 3 is 2.16 bits per heavy atom. The zero-order chi connectivity index (χ0) is 32.2. The lowest BCUT2D eigenvalue weighted by Crippen LogP contribution is -2.35. The number of aryl methyl sites for hydroxylation is 1. The summed E-state index contributed by atoms with van der Waals surface area (Å²) in [5.41, 5.74) is 5.93. The highest BCUT2D eigenvalue weighted by atomic mass is 16.6. The summed E-state index contributed by atoms with van der Waals surface area (Å²) in [5, 5.41) is 14.8. The zero-order valence-electron chi connectivity index (χ0n) is 26.2. The second-order valence-corrected chi connectivity index (χ2v) is 12.2. The molecule has 2 aliphatic rings. The number of amides is 1. The summed E-state index contributed by atoms with van der Waals surface area (Å²) < 4.78 is 14.7. The molecule has 11 nitrogen and oxygen atoms in total. The van der Waals surface area contributed by atoms with Gasteiger partial charge in [-0.2, -0.15) is 0 Å². The molecule has 3 heterocycles. The summed E-state index contributed by atoms with van der Waals surface area (Å²) in [4.78, 5) is 39.8. The number of piperidine rings is 1. The number of imidazole rings is 1. The normalized spacial score (nSPS) is 16.9. The number of aliphatic carboxylic acids is 2. The highest BCUT2D eigenvalue weighted by Gasteiger charge is 2.32. The lowest BCUT2D eigenvalue weighted by atomic mass is 10.00. The maximum atomic E-state index is 12.5. The number of nitrogens with zero attached hydrogens (tertiary/aromatic N) is 4. The van der Waals surface area contributed by atoms with Gasteiger partial charge in [-0.1, -0.05) is 36.4 Å². The highest BCUT2D eigenvalue weighted by Crippen LogP contribution is 2.37. The van der Waals surface area contributed by atoms with Crippen LogP contribution in [0.1, 0.15) is 62.4 Å². The van der Waals surface area contributed by atoms with E-state index >= 15 is 0 Å². The summed E-state index contributed by atoms with van der Waals surface area (Å²) in [7, 11) is 3.91. The number of hydrogen-bond donors (Lipinski definition) is 2. The minimum Gasteiger partial charge on any atom is -0.473 e. The van der Waals surface area contributed by atoms with Crippen molar-refractivity contribution in [3.63, 3.8) is 0 Å². The van der Waals surface area contributed by atoms with Crippen molar-refractivity contribution < 1.29 is 34.1 Å². The number of likely N-dealkylation sites (tertiary alicyclic amines) is 1. The quantitative estimate of drug-likeness (QED) is 0.387.